The number of cyclic esters (lactones) is 2. The average Bonchev–Trinajstić information content (AvgIpc) is 2.59. The molecule has 1 unspecified atom stereocenters. The van der Waals surface area contributed by atoms with Gasteiger partial charge in [0.15, 0.2) is 0 Å². The molecular formula is C12H10O3. The lowest BCUT2D eigenvalue weighted by Gasteiger charge is -2.26. The van der Waals surface area contributed by atoms with Crippen molar-refractivity contribution < 1.29 is 14.3 Å². The van der Waals surface area contributed by atoms with E-state index in [9.17, 15) is 9.59 Å². The molecule has 0 radical (unpaired) electrons. The maximum Gasteiger partial charge on any atom is 0.343 e. The van der Waals surface area contributed by atoms with Crippen LogP contribution in [0.4, 0.5) is 0 Å². The third-order valence-electron chi connectivity index (χ3n) is 2.64. The first-order valence-corrected chi connectivity index (χ1v) is 4.64. The maximum atomic E-state index is 11.4. The van der Waals surface area contributed by atoms with Gasteiger partial charge in [-0.2, -0.15) is 0 Å². The van der Waals surface area contributed by atoms with Gasteiger partial charge in [-0.3, -0.25) is 0 Å². The van der Waals surface area contributed by atoms with E-state index in [2.05, 4.69) is 11.3 Å². The summed E-state index contributed by atoms with van der Waals surface area (Å²) >= 11 is 0. The van der Waals surface area contributed by atoms with Gasteiger partial charge in [0, 0.05) is 11.5 Å². The van der Waals surface area contributed by atoms with Crippen molar-refractivity contribution in [3.63, 3.8) is 0 Å². The first kappa shape index (κ1) is 9.65. The maximum absolute atomic E-state index is 11.4. The van der Waals surface area contributed by atoms with Gasteiger partial charge in [0.2, 0.25) is 0 Å². The third-order valence-corrected chi connectivity index (χ3v) is 2.64. The normalized spacial score (nSPS) is 28.9. The molecule has 0 spiro atoms. The molecule has 0 saturated carbocycles. The Bertz CT molecular complexity index is 426. The van der Waals surface area contributed by atoms with E-state index in [4.69, 9.17) is 0 Å². The molecule has 1 aliphatic carbocycles. The largest absolute Gasteiger partial charge is 0.386 e. The minimum atomic E-state index is -0.598. The van der Waals surface area contributed by atoms with Crippen molar-refractivity contribution in [2.24, 2.45) is 5.41 Å². The fourth-order valence-electron chi connectivity index (χ4n) is 1.77. The molecule has 0 aromatic heterocycles. The van der Waals surface area contributed by atoms with Crippen molar-refractivity contribution in [3.8, 4) is 0 Å². The number of carbonyl (C=O) groups is 2. The van der Waals surface area contributed by atoms with Crippen LogP contribution in [0.1, 0.15) is 6.42 Å². The van der Waals surface area contributed by atoms with Crippen LogP contribution in [0, 0.1) is 5.41 Å². The fraction of sp³-hybridized carbons (Fsp3) is 0.167. The smallest absolute Gasteiger partial charge is 0.343 e. The van der Waals surface area contributed by atoms with Crippen molar-refractivity contribution in [2.45, 2.75) is 6.42 Å². The Morgan fingerprint density at radius 3 is 2.67 bits per heavy atom. The highest BCUT2D eigenvalue weighted by Gasteiger charge is 2.38. The zero-order valence-corrected chi connectivity index (χ0v) is 8.10. The van der Waals surface area contributed by atoms with Crippen LogP contribution in [-0.2, 0) is 14.3 Å². The van der Waals surface area contributed by atoms with E-state index >= 15 is 0 Å². The van der Waals surface area contributed by atoms with Crippen LogP contribution < -0.4 is 0 Å². The van der Waals surface area contributed by atoms with E-state index in [0.29, 0.717) is 12.0 Å². The second-order valence-electron chi connectivity index (χ2n) is 3.50. The van der Waals surface area contributed by atoms with Crippen LogP contribution in [0.3, 0.4) is 0 Å². The molecule has 2 rings (SSSR count). The molecule has 0 bridgehead atoms. The Balaban J connectivity index is 2.43. The third kappa shape index (κ3) is 1.46. The molecule has 1 aliphatic heterocycles. The summed E-state index contributed by atoms with van der Waals surface area (Å²) < 4.78 is 4.48. The zero-order valence-electron chi connectivity index (χ0n) is 8.10. The Kier molecular flexibility index (Phi) is 2.15. The molecule has 0 amide bonds. The minimum absolute atomic E-state index is 0.364. The zero-order chi connectivity index (χ0) is 10.9. The summed E-state index contributed by atoms with van der Waals surface area (Å²) in [4.78, 5) is 22.4. The number of rotatable bonds is 2. The summed E-state index contributed by atoms with van der Waals surface area (Å²) in [5.41, 5.74) is -0.221. The van der Waals surface area contributed by atoms with E-state index in [-0.39, 0.29) is 0 Å². The second kappa shape index (κ2) is 3.35. The Labute approximate surface area is 87.4 Å². The lowest BCUT2D eigenvalue weighted by Crippen LogP contribution is -2.22. The number of hydrogen-bond donors (Lipinski definition) is 0. The van der Waals surface area contributed by atoms with E-state index in [0.717, 1.165) is 0 Å². The summed E-state index contributed by atoms with van der Waals surface area (Å²) in [6.07, 6.45) is 11.0. The monoisotopic (exact) mass is 202 g/mol. The molecular weight excluding hydrogens is 192 g/mol. The molecule has 3 nitrogen and oxygen atoms in total. The van der Waals surface area contributed by atoms with Gasteiger partial charge in [-0.25, -0.2) is 9.59 Å². The predicted octanol–water partition coefficient (Wildman–Crippen LogP) is 1.68. The van der Waals surface area contributed by atoms with Crippen molar-refractivity contribution in [1.29, 1.82) is 0 Å². The molecule has 0 aromatic rings. The Morgan fingerprint density at radius 1 is 1.40 bits per heavy atom. The minimum Gasteiger partial charge on any atom is -0.386 e. The van der Waals surface area contributed by atoms with Gasteiger partial charge >= 0.3 is 11.9 Å². The molecule has 0 fully saturated rings. The molecule has 0 saturated heterocycles. The van der Waals surface area contributed by atoms with Gasteiger partial charge in [0.1, 0.15) is 0 Å². The van der Waals surface area contributed by atoms with Crippen LogP contribution in [0.15, 0.2) is 48.6 Å². The van der Waals surface area contributed by atoms with Gasteiger partial charge < -0.3 is 4.74 Å². The summed E-state index contributed by atoms with van der Waals surface area (Å²) in [5.74, 6) is -1.17. The van der Waals surface area contributed by atoms with Crippen molar-refractivity contribution in [1.82, 2.24) is 0 Å². The standard InChI is InChI=1S/C12H10O3/c1-2-12(6-4-3-5-7-12)9-8-10(13)15-11(9)14/h2-6,8H,1,7H2. The fourth-order valence-corrected chi connectivity index (χ4v) is 1.77. The number of ether oxygens (including phenoxy) is 1. The quantitative estimate of drug-likeness (QED) is 0.389. The van der Waals surface area contributed by atoms with Crippen molar-refractivity contribution in [3.05, 3.63) is 48.6 Å². The molecule has 0 N–H and O–H groups in total. The van der Waals surface area contributed by atoms with E-state index < -0.39 is 17.4 Å². The highest BCUT2D eigenvalue weighted by atomic mass is 16.6. The van der Waals surface area contributed by atoms with Crippen LogP contribution >= 0.6 is 0 Å². The van der Waals surface area contributed by atoms with E-state index in [1.165, 1.54) is 6.08 Å². The highest BCUT2D eigenvalue weighted by Crippen LogP contribution is 2.39. The van der Waals surface area contributed by atoms with Crippen LogP contribution in [-0.4, -0.2) is 11.9 Å². The van der Waals surface area contributed by atoms with Gasteiger partial charge in [-0.15, -0.1) is 6.58 Å². The topological polar surface area (TPSA) is 43.4 Å². The number of carbonyl (C=O) groups excluding carboxylic acids is 2. The Morgan fingerprint density at radius 2 is 2.20 bits per heavy atom. The lowest BCUT2D eigenvalue weighted by molar-refractivity contribution is -0.150. The van der Waals surface area contributed by atoms with Crippen LogP contribution in [0.5, 0.6) is 0 Å². The molecule has 3 heteroatoms. The molecule has 76 valence electrons. The van der Waals surface area contributed by atoms with Crippen LogP contribution in [0.25, 0.3) is 0 Å². The number of esters is 2. The SMILES string of the molecule is C=CC1(C2=CC(=O)OC2=O)C=CC=CC1. The van der Waals surface area contributed by atoms with Crippen molar-refractivity contribution in [2.75, 3.05) is 0 Å². The summed E-state index contributed by atoms with van der Waals surface area (Å²) in [6.45, 7) is 3.72. The molecule has 2 aliphatic rings. The Hall–Kier alpha value is -1.90. The van der Waals surface area contributed by atoms with Gasteiger partial charge in [0.05, 0.1) is 5.57 Å². The summed E-state index contributed by atoms with van der Waals surface area (Å²) in [6, 6.07) is 0. The van der Waals surface area contributed by atoms with Gasteiger partial charge in [-0.1, -0.05) is 30.4 Å². The first-order chi connectivity index (χ1) is 7.18. The number of allylic oxidation sites excluding steroid dienone is 5. The summed E-state index contributed by atoms with van der Waals surface area (Å²) in [5, 5.41) is 0. The lowest BCUT2D eigenvalue weighted by atomic mass is 9.75. The van der Waals surface area contributed by atoms with Gasteiger partial charge in [0.25, 0.3) is 0 Å². The molecule has 0 aromatic carbocycles. The predicted molar refractivity (Wildman–Crippen MR) is 54.7 cm³/mol. The average molecular weight is 202 g/mol. The number of hydrogen-bond acceptors (Lipinski definition) is 3. The van der Waals surface area contributed by atoms with E-state index in [1.807, 2.05) is 24.3 Å². The van der Waals surface area contributed by atoms with E-state index in [1.54, 1.807) is 6.08 Å². The second-order valence-corrected chi connectivity index (χ2v) is 3.50. The van der Waals surface area contributed by atoms with Crippen LogP contribution in [0.2, 0.25) is 0 Å². The summed E-state index contributed by atoms with van der Waals surface area (Å²) in [7, 11) is 0. The first-order valence-electron chi connectivity index (χ1n) is 4.64. The van der Waals surface area contributed by atoms with Gasteiger partial charge in [-0.05, 0) is 6.42 Å². The molecule has 1 heterocycles. The van der Waals surface area contributed by atoms with Crippen molar-refractivity contribution >= 4 is 11.9 Å². The highest BCUT2D eigenvalue weighted by molar-refractivity contribution is 6.10. The molecule has 15 heavy (non-hydrogen) atoms. The molecule has 1 atom stereocenters.